The molecule has 0 aromatic heterocycles. The van der Waals surface area contributed by atoms with Crippen LogP contribution in [-0.2, 0) is 14.3 Å². The van der Waals surface area contributed by atoms with Gasteiger partial charge in [0.15, 0.2) is 0 Å². The topological polar surface area (TPSA) is 90.7 Å². The first-order valence-electron chi connectivity index (χ1n) is 7.02. The molecule has 2 amide bonds. The first-order chi connectivity index (χ1) is 10.5. The van der Waals surface area contributed by atoms with Crippen molar-refractivity contribution in [2.75, 3.05) is 19.8 Å². The molecule has 120 valence electrons. The highest BCUT2D eigenvalue weighted by Crippen LogP contribution is 2.19. The highest BCUT2D eigenvalue weighted by Gasteiger charge is 2.29. The third-order valence-electron chi connectivity index (χ3n) is 3.56. The average Bonchev–Trinajstić information content (AvgIpc) is 2.49. The average molecular weight is 327 g/mol. The number of nitrogens with one attached hydrogen (secondary N) is 1. The predicted molar refractivity (Wildman–Crippen MR) is 81.8 cm³/mol. The van der Waals surface area contributed by atoms with Crippen LogP contribution in [0.1, 0.15) is 22.3 Å². The van der Waals surface area contributed by atoms with Gasteiger partial charge in [0.1, 0.15) is 6.61 Å². The van der Waals surface area contributed by atoms with Gasteiger partial charge in [0.25, 0.3) is 5.91 Å². The molecular weight excluding hydrogens is 308 g/mol. The number of rotatable bonds is 5. The standard InChI is InChI=1S/C15H19ClN2O4/c1-9-10(3-2-4-11(9)16)15(20)18-12-7-21-6-5-13(12)22-8-14(17)19/h2-4,12-13H,5-8H2,1H3,(H2,17,19)(H,18,20)/t12-,13+/m1/s1. The Kier molecular flexibility index (Phi) is 5.76. The Morgan fingerprint density at radius 3 is 3.00 bits per heavy atom. The third kappa shape index (κ3) is 4.19. The van der Waals surface area contributed by atoms with Crippen LogP contribution < -0.4 is 11.1 Å². The molecule has 1 aliphatic heterocycles. The third-order valence-corrected chi connectivity index (χ3v) is 3.97. The van der Waals surface area contributed by atoms with Crippen LogP contribution >= 0.6 is 11.6 Å². The summed E-state index contributed by atoms with van der Waals surface area (Å²) in [7, 11) is 0. The summed E-state index contributed by atoms with van der Waals surface area (Å²) in [5.74, 6) is -0.787. The van der Waals surface area contributed by atoms with Crippen molar-refractivity contribution in [1.82, 2.24) is 5.32 Å². The Morgan fingerprint density at radius 1 is 1.50 bits per heavy atom. The molecule has 3 N–H and O–H groups in total. The van der Waals surface area contributed by atoms with Crippen LogP contribution in [0.4, 0.5) is 0 Å². The van der Waals surface area contributed by atoms with Crippen molar-refractivity contribution in [2.45, 2.75) is 25.5 Å². The number of halogens is 1. The molecule has 7 heteroatoms. The fourth-order valence-corrected chi connectivity index (χ4v) is 2.52. The summed E-state index contributed by atoms with van der Waals surface area (Å²) in [5, 5.41) is 3.41. The van der Waals surface area contributed by atoms with E-state index in [1.165, 1.54) is 0 Å². The zero-order valence-electron chi connectivity index (χ0n) is 12.3. The van der Waals surface area contributed by atoms with Gasteiger partial charge in [-0.25, -0.2) is 0 Å². The number of primary amides is 1. The van der Waals surface area contributed by atoms with Crippen LogP contribution in [0.2, 0.25) is 5.02 Å². The molecule has 2 atom stereocenters. The van der Waals surface area contributed by atoms with Gasteiger partial charge in [0.2, 0.25) is 5.91 Å². The van der Waals surface area contributed by atoms with Gasteiger partial charge >= 0.3 is 0 Å². The van der Waals surface area contributed by atoms with Gasteiger partial charge in [-0.15, -0.1) is 0 Å². The van der Waals surface area contributed by atoms with Crippen molar-refractivity contribution in [3.63, 3.8) is 0 Å². The molecule has 1 aliphatic rings. The summed E-state index contributed by atoms with van der Waals surface area (Å²) < 4.78 is 10.8. The first kappa shape index (κ1) is 16.7. The highest BCUT2D eigenvalue weighted by atomic mass is 35.5. The second-order valence-electron chi connectivity index (χ2n) is 5.17. The summed E-state index contributed by atoms with van der Waals surface area (Å²) in [4.78, 5) is 23.2. The van der Waals surface area contributed by atoms with Gasteiger partial charge in [0.05, 0.1) is 18.8 Å². The maximum atomic E-state index is 12.4. The SMILES string of the molecule is Cc1c(Cl)cccc1C(=O)N[C@@H]1COCC[C@@H]1OCC(N)=O. The molecule has 1 aromatic carbocycles. The van der Waals surface area contributed by atoms with Gasteiger partial charge < -0.3 is 20.5 Å². The minimum absolute atomic E-state index is 0.173. The van der Waals surface area contributed by atoms with Gasteiger partial charge in [-0.3, -0.25) is 9.59 Å². The van der Waals surface area contributed by atoms with Crippen LogP contribution in [0, 0.1) is 6.92 Å². The maximum absolute atomic E-state index is 12.4. The molecule has 1 aromatic rings. The Balaban J connectivity index is 2.04. The van der Waals surface area contributed by atoms with Crippen molar-refractivity contribution < 1.29 is 19.1 Å². The van der Waals surface area contributed by atoms with E-state index in [0.717, 1.165) is 0 Å². The quantitative estimate of drug-likeness (QED) is 0.845. The lowest BCUT2D eigenvalue weighted by Crippen LogP contribution is -2.51. The molecule has 6 nitrogen and oxygen atoms in total. The van der Waals surface area contributed by atoms with Crippen molar-refractivity contribution in [2.24, 2.45) is 5.73 Å². The van der Waals surface area contributed by atoms with Gasteiger partial charge in [-0.2, -0.15) is 0 Å². The fourth-order valence-electron chi connectivity index (χ4n) is 2.34. The number of hydrogen-bond donors (Lipinski definition) is 2. The number of benzene rings is 1. The van der Waals surface area contributed by atoms with Crippen molar-refractivity contribution in [1.29, 1.82) is 0 Å². The Morgan fingerprint density at radius 2 is 2.27 bits per heavy atom. The summed E-state index contributed by atoms with van der Waals surface area (Å²) in [5.41, 5.74) is 6.31. The zero-order valence-corrected chi connectivity index (χ0v) is 13.1. The minimum Gasteiger partial charge on any atom is -0.379 e. The second kappa shape index (κ2) is 7.58. The number of carbonyl (C=O) groups excluding carboxylic acids is 2. The lowest BCUT2D eigenvalue weighted by Gasteiger charge is -2.31. The van der Waals surface area contributed by atoms with Crippen LogP contribution in [0.25, 0.3) is 0 Å². The molecule has 0 aliphatic carbocycles. The highest BCUT2D eigenvalue weighted by molar-refractivity contribution is 6.31. The van der Waals surface area contributed by atoms with Crippen LogP contribution in [-0.4, -0.2) is 43.8 Å². The molecule has 1 fully saturated rings. The zero-order chi connectivity index (χ0) is 16.1. The molecule has 0 unspecified atom stereocenters. The Labute approximate surface area is 133 Å². The molecule has 0 spiro atoms. The summed E-state index contributed by atoms with van der Waals surface area (Å²) in [6, 6.07) is 4.83. The smallest absolute Gasteiger partial charge is 0.251 e. The largest absolute Gasteiger partial charge is 0.379 e. The van der Waals surface area contributed by atoms with Crippen LogP contribution in [0.5, 0.6) is 0 Å². The Bertz CT molecular complexity index is 564. The van der Waals surface area contributed by atoms with Gasteiger partial charge in [-0.05, 0) is 31.0 Å². The van der Waals surface area contributed by atoms with E-state index in [4.69, 9.17) is 26.8 Å². The monoisotopic (exact) mass is 326 g/mol. The van der Waals surface area contributed by atoms with Crippen molar-refractivity contribution in [3.8, 4) is 0 Å². The molecule has 0 bridgehead atoms. The fraction of sp³-hybridized carbons (Fsp3) is 0.467. The molecule has 0 saturated carbocycles. The predicted octanol–water partition coefficient (Wildman–Crippen LogP) is 1.04. The summed E-state index contributed by atoms with van der Waals surface area (Å²) in [6.07, 6.45) is 0.289. The van der Waals surface area contributed by atoms with Gasteiger partial charge in [-0.1, -0.05) is 17.7 Å². The van der Waals surface area contributed by atoms with E-state index in [9.17, 15) is 9.59 Å². The second-order valence-corrected chi connectivity index (χ2v) is 5.58. The lowest BCUT2D eigenvalue weighted by atomic mass is 10.0. The number of carbonyl (C=O) groups is 2. The Hall–Kier alpha value is -1.63. The number of ether oxygens (including phenoxy) is 2. The molecule has 1 saturated heterocycles. The molecular formula is C15H19ClN2O4. The molecule has 2 rings (SSSR count). The summed E-state index contributed by atoms with van der Waals surface area (Å²) >= 11 is 6.03. The van der Waals surface area contributed by atoms with E-state index in [0.29, 0.717) is 35.8 Å². The van der Waals surface area contributed by atoms with Crippen LogP contribution in [0.15, 0.2) is 18.2 Å². The lowest BCUT2D eigenvalue weighted by molar-refractivity contribution is -0.128. The van der Waals surface area contributed by atoms with Crippen molar-refractivity contribution in [3.05, 3.63) is 34.3 Å². The van der Waals surface area contributed by atoms with Crippen LogP contribution in [0.3, 0.4) is 0 Å². The van der Waals surface area contributed by atoms with E-state index in [1.54, 1.807) is 25.1 Å². The normalized spacial score (nSPS) is 21.4. The minimum atomic E-state index is -0.540. The number of nitrogens with two attached hydrogens (primary N) is 1. The molecule has 1 heterocycles. The molecule has 0 radical (unpaired) electrons. The molecule has 22 heavy (non-hydrogen) atoms. The summed E-state index contributed by atoms with van der Waals surface area (Å²) in [6.45, 7) is 2.46. The number of amides is 2. The van der Waals surface area contributed by atoms with Crippen molar-refractivity contribution >= 4 is 23.4 Å². The van der Waals surface area contributed by atoms with Gasteiger partial charge in [0, 0.05) is 17.2 Å². The maximum Gasteiger partial charge on any atom is 0.251 e. The first-order valence-corrected chi connectivity index (χ1v) is 7.40. The van der Waals surface area contributed by atoms with E-state index < -0.39 is 5.91 Å². The van der Waals surface area contributed by atoms with E-state index >= 15 is 0 Å². The van der Waals surface area contributed by atoms with E-state index in [1.807, 2.05) is 0 Å². The van der Waals surface area contributed by atoms with E-state index in [-0.39, 0.29) is 24.7 Å². The number of hydrogen-bond acceptors (Lipinski definition) is 4. The van der Waals surface area contributed by atoms with E-state index in [2.05, 4.69) is 5.32 Å².